The summed E-state index contributed by atoms with van der Waals surface area (Å²) in [5, 5.41) is 10.3. The van der Waals surface area contributed by atoms with Gasteiger partial charge in [0.15, 0.2) is 5.84 Å². The molecule has 0 aliphatic carbocycles. The monoisotopic (exact) mass is 732 g/mol. The van der Waals surface area contributed by atoms with E-state index < -0.39 is 0 Å². The van der Waals surface area contributed by atoms with Gasteiger partial charge in [-0.1, -0.05) is 109 Å². The summed E-state index contributed by atoms with van der Waals surface area (Å²) in [6.45, 7) is 0. The van der Waals surface area contributed by atoms with Gasteiger partial charge in [0.2, 0.25) is 0 Å². The van der Waals surface area contributed by atoms with Crippen molar-refractivity contribution in [3.63, 3.8) is 0 Å². The van der Waals surface area contributed by atoms with Gasteiger partial charge in [0.05, 0.1) is 11.0 Å². The second kappa shape index (κ2) is 12.4. The number of nitrogens with zero attached hydrogens (tertiary/aromatic N) is 3. The molecule has 11 aromatic rings. The van der Waals surface area contributed by atoms with Crippen LogP contribution in [0.2, 0.25) is 0 Å². The van der Waals surface area contributed by atoms with E-state index in [1.807, 2.05) is 48.5 Å². The highest BCUT2D eigenvalue weighted by Gasteiger charge is 2.22. The number of para-hydroxylation sites is 2. The number of rotatable bonds is 5. The van der Waals surface area contributed by atoms with Gasteiger partial charge in [-0.15, -0.1) is 0 Å². The third kappa shape index (κ3) is 5.11. The highest BCUT2D eigenvalue weighted by molar-refractivity contribution is 6.16. The van der Waals surface area contributed by atoms with Gasteiger partial charge < -0.3 is 18.7 Å². The zero-order chi connectivity index (χ0) is 37.5. The van der Waals surface area contributed by atoms with Gasteiger partial charge in [0.25, 0.3) is 0 Å². The molecule has 57 heavy (non-hydrogen) atoms. The van der Waals surface area contributed by atoms with E-state index in [4.69, 9.17) is 18.8 Å². The Morgan fingerprint density at radius 2 is 0.982 bits per heavy atom. The van der Waals surface area contributed by atoms with Crippen molar-refractivity contribution in [3.8, 4) is 16.8 Å². The average molecular weight is 733 g/mol. The molecule has 6 nitrogen and oxygen atoms in total. The zero-order valence-corrected chi connectivity index (χ0v) is 30.6. The molecule has 0 amide bonds. The lowest BCUT2D eigenvalue weighted by Gasteiger charge is -2.23. The van der Waals surface area contributed by atoms with Crippen LogP contribution in [-0.2, 0) is 0 Å². The molecule has 1 N–H and O–H groups in total. The Bertz CT molecular complexity index is 3390. The number of nitrogens with one attached hydrogen (secondary N) is 1. The molecule has 6 heteroatoms. The molecule has 0 saturated heterocycles. The lowest BCUT2D eigenvalue weighted by molar-refractivity contribution is 0.668. The van der Waals surface area contributed by atoms with Crippen molar-refractivity contribution in [2.24, 2.45) is 9.98 Å². The van der Waals surface area contributed by atoms with Crippen molar-refractivity contribution >= 4 is 77.4 Å². The first-order valence-electron chi connectivity index (χ1n) is 19.2. The molecule has 3 aromatic heterocycles. The number of fused-ring (bicyclic) bond motifs is 9. The fraction of sp³-hybridized carbons (Fsp3) is 0.0196. The van der Waals surface area contributed by atoms with Crippen molar-refractivity contribution < 1.29 is 8.83 Å². The molecular weight excluding hydrogens is 701 g/mol. The van der Waals surface area contributed by atoms with Gasteiger partial charge >= 0.3 is 0 Å². The van der Waals surface area contributed by atoms with Crippen molar-refractivity contribution in [1.82, 2.24) is 9.88 Å². The molecule has 1 aliphatic heterocycles. The Morgan fingerprint density at radius 3 is 1.72 bits per heavy atom. The molecule has 8 aromatic carbocycles. The number of hydrogen-bond donors (Lipinski definition) is 1. The molecule has 0 fully saturated rings. The van der Waals surface area contributed by atoms with Crippen LogP contribution in [0.5, 0.6) is 0 Å². The quantitative estimate of drug-likeness (QED) is 0.192. The molecule has 0 radical (unpaired) electrons. The minimum Gasteiger partial charge on any atom is -0.456 e. The third-order valence-corrected chi connectivity index (χ3v) is 11.3. The van der Waals surface area contributed by atoms with E-state index >= 15 is 0 Å². The van der Waals surface area contributed by atoms with Crippen molar-refractivity contribution in [3.05, 3.63) is 199 Å². The summed E-state index contributed by atoms with van der Waals surface area (Å²) < 4.78 is 15.2. The van der Waals surface area contributed by atoms with Crippen LogP contribution in [0.15, 0.2) is 201 Å². The van der Waals surface area contributed by atoms with E-state index in [0.717, 1.165) is 83.2 Å². The van der Waals surface area contributed by atoms with Gasteiger partial charge in [-0.25, -0.2) is 9.98 Å². The van der Waals surface area contributed by atoms with E-state index in [0.29, 0.717) is 5.84 Å². The zero-order valence-electron chi connectivity index (χ0n) is 30.6. The number of benzene rings is 8. The largest absolute Gasteiger partial charge is 0.456 e. The summed E-state index contributed by atoms with van der Waals surface area (Å²) >= 11 is 0. The molecule has 0 spiro atoms. The molecular formula is C51H32N4O2. The number of hydrogen-bond acceptors (Lipinski definition) is 5. The summed E-state index contributed by atoms with van der Waals surface area (Å²) in [6.07, 6.45) is -0.272. The maximum atomic E-state index is 6.51. The topological polar surface area (TPSA) is 68.0 Å². The van der Waals surface area contributed by atoms with Crippen LogP contribution in [0.1, 0.15) is 22.9 Å². The first-order chi connectivity index (χ1) is 28.2. The first-order valence-corrected chi connectivity index (χ1v) is 19.2. The fourth-order valence-electron chi connectivity index (χ4n) is 8.51. The summed E-state index contributed by atoms with van der Waals surface area (Å²) in [4.78, 5) is 10.1. The highest BCUT2D eigenvalue weighted by atomic mass is 16.3. The van der Waals surface area contributed by atoms with E-state index in [1.165, 1.54) is 21.8 Å². The molecule has 0 bridgehead atoms. The van der Waals surface area contributed by atoms with Gasteiger partial charge in [-0.3, -0.25) is 0 Å². The van der Waals surface area contributed by atoms with Crippen LogP contribution in [0.3, 0.4) is 0 Å². The maximum Gasteiger partial charge on any atom is 0.159 e. The van der Waals surface area contributed by atoms with Gasteiger partial charge in [-0.2, -0.15) is 0 Å². The van der Waals surface area contributed by atoms with Crippen LogP contribution in [0, 0.1) is 0 Å². The van der Waals surface area contributed by atoms with Crippen LogP contribution < -0.4 is 5.32 Å². The smallest absolute Gasteiger partial charge is 0.159 e. The minimum atomic E-state index is -0.272. The SMILES string of the molecule is c1ccc(C2=NC(c3ccc4oc5ccc(-c6ccc7c(c6)oc6ccc(-n8c9ccccc9c9ccccc98)cc67)cc5c4c3)=NC(c3ccccc3)N2)cc1. The lowest BCUT2D eigenvalue weighted by Crippen LogP contribution is -2.33. The second-order valence-electron chi connectivity index (χ2n) is 14.6. The van der Waals surface area contributed by atoms with Crippen molar-refractivity contribution in [1.29, 1.82) is 0 Å². The number of aromatic nitrogens is 1. The Balaban J connectivity index is 0.937. The molecule has 4 heterocycles. The highest BCUT2D eigenvalue weighted by Crippen LogP contribution is 2.38. The second-order valence-corrected chi connectivity index (χ2v) is 14.6. The summed E-state index contributed by atoms with van der Waals surface area (Å²) in [5.74, 6) is 1.46. The van der Waals surface area contributed by atoms with Crippen molar-refractivity contribution in [2.45, 2.75) is 6.17 Å². The van der Waals surface area contributed by atoms with Gasteiger partial charge in [0, 0.05) is 49.1 Å². The Labute approximate surface area is 326 Å². The predicted molar refractivity (Wildman–Crippen MR) is 233 cm³/mol. The normalized spacial score (nSPS) is 14.5. The molecule has 1 aliphatic rings. The number of furan rings is 2. The van der Waals surface area contributed by atoms with Gasteiger partial charge in [-0.05, 0) is 89.5 Å². The molecule has 0 saturated carbocycles. The van der Waals surface area contributed by atoms with Crippen LogP contribution in [0.4, 0.5) is 0 Å². The van der Waals surface area contributed by atoms with Crippen molar-refractivity contribution in [2.75, 3.05) is 0 Å². The lowest BCUT2D eigenvalue weighted by atomic mass is 10.0. The standard InChI is InChI=1S/C51H32N4O2/c1-3-11-31(12-4-1)49-52-50(32-13-5-2-6-14-32)54-51(53-49)35-21-25-46-41(28-35)40-27-33(20-24-45(40)56-46)34-19-23-39-42-30-36(22-26-47(42)57-48(39)29-34)55-43-17-9-7-15-37(43)38-16-8-10-18-44(38)55/h1-30,49H,(H,52,53,54). The molecule has 1 unspecified atom stereocenters. The Kier molecular flexibility index (Phi) is 6.89. The predicted octanol–water partition coefficient (Wildman–Crippen LogP) is 12.7. The van der Waals surface area contributed by atoms with E-state index in [9.17, 15) is 0 Å². The molecule has 268 valence electrons. The number of aliphatic imine (C=N–C) groups is 2. The van der Waals surface area contributed by atoms with E-state index in [2.05, 4.69) is 143 Å². The average Bonchev–Trinajstić information content (AvgIpc) is 3.95. The molecule has 12 rings (SSSR count). The van der Waals surface area contributed by atoms with Crippen LogP contribution in [-0.4, -0.2) is 16.2 Å². The number of amidine groups is 2. The van der Waals surface area contributed by atoms with Crippen LogP contribution in [0.25, 0.3) is 82.5 Å². The minimum absolute atomic E-state index is 0.272. The first kappa shape index (κ1) is 31.6. The van der Waals surface area contributed by atoms with E-state index in [-0.39, 0.29) is 6.17 Å². The van der Waals surface area contributed by atoms with Crippen LogP contribution >= 0.6 is 0 Å². The summed E-state index contributed by atoms with van der Waals surface area (Å²) in [5.41, 5.74) is 12.0. The summed E-state index contributed by atoms with van der Waals surface area (Å²) in [7, 11) is 0. The Morgan fingerprint density at radius 1 is 0.421 bits per heavy atom. The van der Waals surface area contributed by atoms with E-state index in [1.54, 1.807) is 0 Å². The fourth-order valence-corrected chi connectivity index (χ4v) is 8.51. The third-order valence-electron chi connectivity index (χ3n) is 11.3. The Hall–Kier alpha value is -7.70. The maximum absolute atomic E-state index is 6.51. The summed E-state index contributed by atoms with van der Waals surface area (Å²) in [6, 6.07) is 63.3. The van der Waals surface area contributed by atoms with Gasteiger partial charge in [0.1, 0.15) is 34.3 Å². The molecule has 1 atom stereocenters.